The SMILES string of the molecule is COc1ccc(C(=O)c2ccccc2C(O)OC)cc1. The molecule has 2 rings (SSSR count). The number of ether oxygens (including phenoxy) is 2. The van der Waals surface area contributed by atoms with Crippen LogP contribution in [0.1, 0.15) is 27.8 Å². The van der Waals surface area contributed by atoms with Gasteiger partial charge in [0.05, 0.1) is 7.11 Å². The lowest BCUT2D eigenvalue weighted by Crippen LogP contribution is -2.10. The average molecular weight is 272 g/mol. The second-order valence-electron chi connectivity index (χ2n) is 4.23. The van der Waals surface area contributed by atoms with Gasteiger partial charge in [0.2, 0.25) is 0 Å². The number of aliphatic hydroxyl groups excluding tert-OH is 1. The first kappa shape index (κ1) is 14.2. The minimum atomic E-state index is -1.12. The molecule has 0 spiro atoms. The fourth-order valence-corrected chi connectivity index (χ4v) is 1.94. The van der Waals surface area contributed by atoms with Crippen molar-refractivity contribution in [3.05, 3.63) is 65.2 Å². The first-order valence-electron chi connectivity index (χ1n) is 6.16. The van der Waals surface area contributed by atoms with Crippen LogP contribution in [0.2, 0.25) is 0 Å². The molecule has 0 aromatic heterocycles. The van der Waals surface area contributed by atoms with Crippen LogP contribution < -0.4 is 4.74 Å². The van der Waals surface area contributed by atoms with Crippen LogP contribution in [0, 0.1) is 0 Å². The topological polar surface area (TPSA) is 55.8 Å². The van der Waals surface area contributed by atoms with Crippen molar-refractivity contribution in [1.29, 1.82) is 0 Å². The maximum Gasteiger partial charge on any atom is 0.193 e. The van der Waals surface area contributed by atoms with E-state index >= 15 is 0 Å². The fraction of sp³-hybridized carbons (Fsp3) is 0.188. The molecule has 20 heavy (non-hydrogen) atoms. The van der Waals surface area contributed by atoms with Crippen molar-refractivity contribution in [1.82, 2.24) is 0 Å². The van der Waals surface area contributed by atoms with Gasteiger partial charge in [-0.25, -0.2) is 0 Å². The average Bonchev–Trinajstić information content (AvgIpc) is 2.53. The van der Waals surface area contributed by atoms with Gasteiger partial charge in [0.1, 0.15) is 5.75 Å². The highest BCUT2D eigenvalue weighted by Gasteiger charge is 2.17. The van der Waals surface area contributed by atoms with Crippen LogP contribution in [0.25, 0.3) is 0 Å². The summed E-state index contributed by atoms with van der Waals surface area (Å²) < 4.78 is 9.95. The molecule has 4 heteroatoms. The van der Waals surface area contributed by atoms with Gasteiger partial charge in [-0.15, -0.1) is 0 Å². The van der Waals surface area contributed by atoms with Crippen molar-refractivity contribution >= 4 is 5.78 Å². The Morgan fingerprint density at radius 2 is 1.70 bits per heavy atom. The number of carbonyl (C=O) groups is 1. The van der Waals surface area contributed by atoms with Gasteiger partial charge in [-0.05, 0) is 24.3 Å². The Kier molecular flexibility index (Phi) is 4.50. The van der Waals surface area contributed by atoms with E-state index in [-0.39, 0.29) is 5.78 Å². The van der Waals surface area contributed by atoms with Crippen LogP contribution >= 0.6 is 0 Å². The molecule has 0 saturated heterocycles. The van der Waals surface area contributed by atoms with E-state index < -0.39 is 6.29 Å². The molecule has 0 aliphatic heterocycles. The Balaban J connectivity index is 2.37. The molecule has 1 unspecified atom stereocenters. The molecule has 0 bridgehead atoms. The van der Waals surface area contributed by atoms with Gasteiger partial charge in [0.25, 0.3) is 0 Å². The molecule has 1 N–H and O–H groups in total. The van der Waals surface area contributed by atoms with Gasteiger partial charge in [-0.2, -0.15) is 0 Å². The highest BCUT2D eigenvalue weighted by molar-refractivity contribution is 6.10. The molecule has 0 saturated carbocycles. The smallest absolute Gasteiger partial charge is 0.193 e. The zero-order chi connectivity index (χ0) is 14.5. The second kappa shape index (κ2) is 6.32. The Morgan fingerprint density at radius 1 is 1.05 bits per heavy atom. The molecule has 2 aromatic rings. The van der Waals surface area contributed by atoms with E-state index in [4.69, 9.17) is 9.47 Å². The van der Waals surface area contributed by atoms with Crippen LogP contribution in [-0.2, 0) is 4.74 Å². The minimum absolute atomic E-state index is 0.167. The summed E-state index contributed by atoms with van der Waals surface area (Å²) in [6.07, 6.45) is -1.12. The number of hydrogen-bond donors (Lipinski definition) is 1. The van der Waals surface area contributed by atoms with E-state index in [1.807, 2.05) is 0 Å². The molecular weight excluding hydrogens is 256 g/mol. The van der Waals surface area contributed by atoms with E-state index in [1.165, 1.54) is 7.11 Å². The van der Waals surface area contributed by atoms with Gasteiger partial charge in [0.15, 0.2) is 12.1 Å². The molecule has 0 radical (unpaired) electrons. The van der Waals surface area contributed by atoms with E-state index in [0.29, 0.717) is 22.4 Å². The van der Waals surface area contributed by atoms with Crippen LogP contribution in [0.5, 0.6) is 5.75 Å². The molecule has 0 amide bonds. The third kappa shape index (κ3) is 2.87. The van der Waals surface area contributed by atoms with Crippen molar-refractivity contribution in [3.63, 3.8) is 0 Å². The molecule has 0 aliphatic rings. The van der Waals surface area contributed by atoms with Gasteiger partial charge in [0, 0.05) is 23.8 Å². The first-order valence-corrected chi connectivity index (χ1v) is 6.16. The third-order valence-corrected chi connectivity index (χ3v) is 3.05. The zero-order valence-electron chi connectivity index (χ0n) is 11.4. The number of rotatable bonds is 5. The van der Waals surface area contributed by atoms with Crippen LogP contribution in [-0.4, -0.2) is 25.1 Å². The first-order chi connectivity index (χ1) is 9.67. The highest BCUT2D eigenvalue weighted by atomic mass is 16.6. The van der Waals surface area contributed by atoms with Crippen molar-refractivity contribution < 1.29 is 19.4 Å². The molecule has 0 fully saturated rings. The van der Waals surface area contributed by atoms with Crippen molar-refractivity contribution in [2.24, 2.45) is 0 Å². The molecule has 1 atom stereocenters. The van der Waals surface area contributed by atoms with Crippen molar-refractivity contribution in [2.75, 3.05) is 14.2 Å². The summed E-state index contributed by atoms with van der Waals surface area (Å²) in [6, 6.07) is 13.7. The lowest BCUT2D eigenvalue weighted by atomic mass is 9.98. The summed E-state index contributed by atoms with van der Waals surface area (Å²) in [5.41, 5.74) is 1.41. The highest BCUT2D eigenvalue weighted by Crippen LogP contribution is 2.22. The summed E-state index contributed by atoms with van der Waals surface area (Å²) in [4.78, 5) is 12.5. The Morgan fingerprint density at radius 3 is 2.30 bits per heavy atom. The fourth-order valence-electron chi connectivity index (χ4n) is 1.94. The molecule has 0 heterocycles. The Bertz CT molecular complexity index is 590. The summed E-state index contributed by atoms with van der Waals surface area (Å²) in [5.74, 6) is 0.520. The molecular formula is C16H16O4. The quantitative estimate of drug-likeness (QED) is 0.671. The van der Waals surface area contributed by atoms with Crippen molar-refractivity contribution in [3.8, 4) is 5.75 Å². The van der Waals surface area contributed by atoms with Crippen LogP contribution in [0.3, 0.4) is 0 Å². The summed E-state index contributed by atoms with van der Waals surface area (Å²) >= 11 is 0. The molecule has 2 aromatic carbocycles. The molecule has 0 aliphatic carbocycles. The number of benzene rings is 2. The van der Waals surface area contributed by atoms with Gasteiger partial charge < -0.3 is 14.6 Å². The number of methoxy groups -OCH3 is 2. The standard InChI is InChI=1S/C16H16O4/c1-19-12-9-7-11(8-10-12)15(17)13-5-3-4-6-14(13)16(18)20-2/h3-10,16,18H,1-2H3. The number of aliphatic hydroxyl groups is 1. The van der Waals surface area contributed by atoms with Crippen LogP contribution in [0.15, 0.2) is 48.5 Å². The second-order valence-corrected chi connectivity index (χ2v) is 4.23. The Labute approximate surface area is 117 Å². The summed E-state index contributed by atoms with van der Waals surface area (Å²) in [5, 5.41) is 9.79. The lowest BCUT2D eigenvalue weighted by Gasteiger charge is -2.13. The van der Waals surface area contributed by atoms with E-state index in [0.717, 1.165) is 0 Å². The predicted molar refractivity (Wildman–Crippen MR) is 74.8 cm³/mol. The maximum absolute atomic E-state index is 12.5. The normalized spacial score (nSPS) is 11.9. The van der Waals surface area contributed by atoms with E-state index in [9.17, 15) is 9.90 Å². The van der Waals surface area contributed by atoms with E-state index in [1.54, 1.807) is 55.6 Å². The monoisotopic (exact) mass is 272 g/mol. The summed E-state index contributed by atoms with van der Waals surface area (Å²) in [6.45, 7) is 0. The van der Waals surface area contributed by atoms with E-state index in [2.05, 4.69) is 0 Å². The largest absolute Gasteiger partial charge is 0.497 e. The molecule has 4 nitrogen and oxygen atoms in total. The number of carbonyl (C=O) groups excluding carboxylic acids is 1. The van der Waals surface area contributed by atoms with Gasteiger partial charge in [-0.3, -0.25) is 4.79 Å². The summed E-state index contributed by atoms with van der Waals surface area (Å²) in [7, 11) is 2.96. The van der Waals surface area contributed by atoms with Gasteiger partial charge >= 0.3 is 0 Å². The zero-order valence-corrected chi connectivity index (χ0v) is 11.4. The number of hydrogen-bond acceptors (Lipinski definition) is 4. The van der Waals surface area contributed by atoms with Crippen molar-refractivity contribution in [2.45, 2.75) is 6.29 Å². The maximum atomic E-state index is 12.5. The van der Waals surface area contributed by atoms with Crippen LogP contribution in [0.4, 0.5) is 0 Å². The predicted octanol–water partition coefficient (Wildman–Crippen LogP) is 2.56. The number of ketones is 1. The minimum Gasteiger partial charge on any atom is -0.497 e. The Hall–Kier alpha value is -2.17. The molecule has 104 valence electrons. The third-order valence-electron chi connectivity index (χ3n) is 3.05. The lowest BCUT2D eigenvalue weighted by molar-refractivity contribution is -0.0772. The van der Waals surface area contributed by atoms with Gasteiger partial charge in [-0.1, -0.05) is 24.3 Å².